The Kier molecular flexibility index (Phi) is 2.87. The second kappa shape index (κ2) is 4.04. The molecule has 1 unspecified atom stereocenters. The first kappa shape index (κ1) is 11.4. The van der Waals surface area contributed by atoms with Gasteiger partial charge < -0.3 is 4.55 Å². The molecular formula is C11H13N3OS. The summed E-state index contributed by atoms with van der Waals surface area (Å²) in [5, 5.41) is 9.60. The van der Waals surface area contributed by atoms with E-state index in [1.54, 1.807) is 13.1 Å². The van der Waals surface area contributed by atoms with Crippen LogP contribution in [0.4, 0.5) is 0 Å². The molecule has 1 aliphatic rings. The van der Waals surface area contributed by atoms with Gasteiger partial charge in [0.15, 0.2) is 0 Å². The monoisotopic (exact) mass is 235 g/mol. The fraction of sp³-hybridized carbons (Fsp3) is 0.545. The lowest BCUT2D eigenvalue weighted by atomic mass is 10.1. The molecule has 0 amide bonds. The van der Waals surface area contributed by atoms with Gasteiger partial charge in [0.1, 0.15) is 16.9 Å². The van der Waals surface area contributed by atoms with Crippen LogP contribution < -0.4 is 0 Å². The molecule has 0 spiro atoms. The predicted octanol–water partition coefficient (Wildman–Crippen LogP) is 1.47. The molecule has 5 heteroatoms. The molecule has 0 saturated heterocycles. The first-order valence-corrected chi connectivity index (χ1v) is 6.58. The van der Waals surface area contributed by atoms with Crippen molar-refractivity contribution in [3.05, 3.63) is 17.6 Å². The third-order valence-electron chi connectivity index (χ3n) is 2.84. The Labute approximate surface area is 97.9 Å². The number of nitriles is 1. The highest BCUT2D eigenvalue weighted by molar-refractivity contribution is 7.91. The average molecular weight is 235 g/mol. The minimum absolute atomic E-state index is 0.451. The zero-order valence-electron chi connectivity index (χ0n) is 9.36. The zero-order valence-corrected chi connectivity index (χ0v) is 10.2. The Morgan fingerprint density at radius 1 is 1.62 bits per heavy atom. The van der Waals surface area contributed by atoms with E-state index in [0.29, 0.717) is 22.2 Å². The Bertz CT molecular complexity index is 451. The van der Waals surface area contributed by atoms with Gasteiger partial charge in [0.05, 0.1) is 18.0 Å². The van der Waals surface area contributed by atoms with E-state index in [1.807, 2.05) is 6.92 Å². The second-order valence-corrected chi connectivity index (χ2v) is 5.63. The van der Waals surface area contributed by atoms with Crippen LogP contribution in [0, 0.1) is 18.3 Å². The smallest absolute Gasteiger partial charge is 0.266 e. The highest BCUT2D eigenvalue weighted by atomic mass is 32.2. The van der Waals surface area contributed by atoms with Crippen LogP contribution in [-0.2, 0) is 16.6 Å². The summed E-state index contributed by atoms with van der Waals surface area (Å²) in [6, 6.07) is 2.27. The topological polar surface area (TPSA) is 72.6 Å². The van der Waals surface area contributed by atoms with Crippen molar-refractivity contribution in [3.63, 3.8) is 0 Å². The third-order valence-corrected chi connectivity index (χ3v) is 4.19. The predicted molar refractivity (Wildman–Crippen MR) is 60.2 cm³/mol. The van der Waals surface area contributed by atoms with Crippen LogP contribution in [-0.4, -0.2) is 20.3 Å². The number of hydrogen-bond donors (Lipinski definition) is 0. The number of nitrogens with zero attached hydrogens (tertiary/aromatic N) is 3. The molecule has 4 nitrogen and oxygen atoms in total. The van der Waals surface area contributed by atoms with Gasteiger partial charge in [-0.05, 0) is 26.7 Å². The van der Waals surface area contributed by atoms with E-state index >= 15 is 0 Å². The Balaban J connectivity index is 2.41. The number of rotatable bonds is 3. The lowest BCUT2D eigenvalue weighted by Crippen LogP contribution is -2.15. The van der Waals surface area contributed by atoms with Gasteiger partial charge in [0.2, 0.25) is 0 Å². The van der Waals surface area contributed by atoms with Gasteiger partial charge in [-0.15, -0.1) is 0 Å². The van der Waals surface area contributed by atoms with Crippen LogP contribution in [0.3, 0.4) is 0 Å². The van der Waals surface area contributed by atoms with Crippen molar-refractivity contribution in [2.45, 2.75) is 37.1 Å². The van der Waals surface area contributed by atoms with Gasteiger partial charge in [0.25, 0.3) is 5.03 Å². The van der Waals surface area contributed by atoms with Crippen molar-refractivity contribution in [1.29, 1.82) is 5.26 Å². The van der Waals surface area contributed by atoms with E-state index in [9.17, 15) is 4.55 Å². The normalized spacial score (nSPS) is 18.9. The van der Waals surface area contributed by atoms with Crippen LogP contribution in [0.2, 0.25) is 0 Å². The zero-order chi connectivity index (χ0) is 11.8. The average Bonchev–Trinajstić information content (AvgIpc) is 3.09. The van der Waals surface area contributed by atoms with Crippen molar-refractivity contribution in [2.24, 2.45) is 0 Å². The summed E-state index contributed by atoms with van der Waals surface area (Å²) >= 11 is -1.10. The minimum Gasteiger partial charge on any atom is -0.610 e. The van der Waals surface area contributed by atoms with Gasteiger partial charge in [0, 0.05) is 11.2 Å². The standard InChI is InChI=1S/C11H13N3OS/c1-3-16(15)10-8(2)13-6-9(14-10)11(7-12)4-5-11/h6H,3-5H2,1-2H3. The van der Waals surface area contributed by atoms with Crippen LogP contribution in [0.15, 0.2) is 11.2 Å². The van der Waals surface area contributed by atoms with Crippen molar-refractivity contribution in [1.82, 2.24) is 9.97 Å². The first-order valence-electron chi connectivity index (χ1n) is 5.26. The molecule has 1 aromatic heterocycles. The van der Waals surface area contributed by atoms with Crippen molar-refractivity contribution < 1.29 is 4.55 Å². The summed E-state index contributed by atoms with van der Waals surface area (Å²) < 4.78 is 11.7. The molecule has 1 fully saturated rings. The summed E-state index contributed by atoms with van der Waals surface area (Å²) in [5.41, 5.74) is 0.919. The summed E-state index contributed by atoms with van der Waals surface area (Å²) in [5.74, 6) is 0.526. The molecule has 84 valence electrons. The Morgan fingerprint density at radius 3 is 2.81 bits per heavy atom. The summed E-state index contributed by atoms with van der Waals surface area (Å²) in [6.07, 6.45) is 3.31. The van der Waals surface area contributed by atoms with E-state index < -0.39 is 16.6 Å². The maximum atomic E-state index is 11.7. The van der Waals surface area contributed by atoms with Gasteiger partial charge in [-0.2, -0.15) is 5.26 Å². The molecule has 1 aliphatic carbocycles. The van der Waals surface area contributed by atoms with Crippen molar-refractivity contribution >= 4 is 11.2 Å². The molecule has 0 bridgehead atoms. The molecule has 16 heavy (non-hydrogen) atoms. The van der Waals surface area contributed by atoms with Crippen LogP contribution in [0.1, 0.15) is 31.2 Å². The fourth-order valence-electron chi connectivity index (χ4n) is 1.57. The van der Waals surface area contributed by atoms with E-state index in [1.165, 1.54) is 0 Å². The molecule has 1 saturated carbocycles. The van der Waals surface area contributed by atoms with Gasteiger partial charge in [-0.25, -0.2) is 4.98 Å². The molecule has 0 N–H and O–H groups in total. The maximum absolute atomic E-state index is 11.7. The molecule has 0 aliphatic heterocycles. The number of aromatic nitrogens is 2. The van der Waals surface area contributed by atoms with E-state index in [0.717, 1.165) is 12.8 Å². The van der Waals surface area contributed by atoms with Gasteiger partial charge in [-0.1, -0.05) is 0 Å². The summed E-state index contributed by atoms with van der Waals surface area (Å²) in [6.45, 7) is 3.65. The summed E-state index contributed by atoms with van der Waals surface area (Å²) in [7, 11) is 0. The summed E-state index contributed by atoms with van der Waals surface area (Å²) in [4.78, 5) is 8.56. The largest absolute Gasteiger partial charge is 0.610 e. The highest BCUT2D eigenvalue weighted by Crippen LogP contribution is 2.46. The lowest BCUT2D eigenvalue weighted by Gasteiger charge is -2.11. The Morgan fingerprint density at radius 2 is 2.31 bits per heavy atom. The second-order valence-electron chi connectivity index (χ2n) is 3.97. The molecule has 1 aromatic rings. The minimum atomic E-state index is -1.10. The number of hydrogen-bond acceptors (Lipinski definition) is 4. The van der Waals surface area contributed by atoms with Gasteiger partial charge in [-0.3, -0.25) is 4.98 Å². The van der Waals surface area contributed by atoms with Crippen molar-refractivity contribution in [2.75, 3.05) is 5.75 Å². The van der Waals surface area contributed by atoms with E-state index in [4.69, 9.17) is 5.26 Å². The number of aryl methyl sites for hydroxylation is 1. The molecule has 0 radical (unpaired) electrons. The molecule has 0 aromatic carbocycles. The van der Waals surface area contributed by atoms with E-state index in [2.05, 4.69) is 16.0 Å². The lowest BCUT2D eigenvalue weighted by molar-refractivity contribution is 0.589. The van der Waals surface area contributed by atoms with Gasteiger partial charge >= 0.3 is 0 Å². The Hall–Kier alpha value is -1.12. The SMILES string of the molecule is CC[S+]([O-])c1nc(C2(C#N)CC2)cnc1C. The fourth-order valence-corrected chi connectivity index (χ4v) is 2.42. The molecule has 1 heterocycles. The first-order chi connectivity index (χ1) is 7.63. The van der Waals surface area contributed by atoms with E-state index in [-0.39, 0.29) is 0 Å². The van der Waals surface area contributed by atoms with Crippen molar-refractivity contribution in [3.8, 4) is 6.07 Å². The third kappa shape index (κ3) is 1.79. The highest BCUT2D eigenvalue weighted by Gasteiger charge is 2.47. The van der Waals surface area contributed by atoms with Crippen LogP contribution in [0.5, 0.6) is 0 Å². The van der Waals surface area contributed by atoms with Crippen LogP contribution in [0.25, 0.3) is 0 Å². The van der Waals surface area contributed by atoms with Crippen LogP contribution >= 0.6 is 0 Å². The molecule has 2 rings (SSSR count). The molecule has 1 atom stereocenters. The maximum Gasteiger partial charge on any atom is 0.266 e. The molecular weight excluding hydrogens is 222 g/mol. The quantitative estimate of drug-likeness (QED) is 0.744.